The Kier molecular flexibility index (Phi) is 4.39. The van der Waals surface area contributed by atoms with Crippen molar-refractivity contribution in [3.05, 3.63) is 34.9 Å². The Bertz CT molecular complexity index is 782. The maximum Gasteiger partial charge on any atom is 0.252 e. The molecule has 1 saturated heterocycles. The summed E-state index contributed by atoms with van der Waals surface area (Å²) in [6, 6.07) is 0. The van der Waals surface area contributed by atoms with Crippen molar-refractivity contribution < 1.29 is 14.3 Å². The summed E-state index contributed by atoms with van der Waals surface area (Å²) in [5.74, 6) is 0.0147. The van der Waals surface area contributed by atoms with Crippen molar-refractivity contribution in [1.82, 2.24) is 14.5 Å². The number of nitrogens with zero attached hydrogens (tertiary/aromatic N) is 3. The van der Waals surface area contributed by atoms with E-state index >= 15 is 0 Å². The number of carbonyl (C=O) groups is 2. The number of rotatable bonds is 4. The summed E-state index contributed by atoms with van der Waals surface area (Å²) in [6.07, 6.45) is 6.55. The van der Waals surface area contributed by atoms with Crippen LogP contribution in [0.25, 0.3) is 5.57 Å². The molecule has 6 heteroatoms. The summed E-state index contributed by atoms with van der Waals surface area (Å²) in [6.45, 7) is 7.07. The minimum Gasteiger partial charge on any atom is -0.379 e. The molecule has 0 radical (unpaired) electrons. The topological polar surface area (TPSA) is 64.4 Å². The van der Waals surface area contributed by atoms with E-state index in [-0.39, 0.29) is 5.78 Å². The van der Waals surface area contributed by atoms with E-state index in [1.165, 1.54) is 0 Å². The van der Waals surface area contributed by atoms with Crippen LogP contribution in [0.1, 0.15) is 41.3 Å². The molecule has 0 bridgehead atoms. The second-order valence-electron chi connectivity index (χ2n) is 6.79. The molecule has 132 valence electrons. The van der Waals surface area contributed by atoms with Gasteiger partial charge in [0.1, 0.15) is 17.2 Å². The van der Waals surface area contributed by atoms with E-state index in [2.05, 4.69) is 9.88 Å². The lowest BCUT2D eigenvalue weighted by Gasteiger charge is -2.26. The van der Waals surface area contributed by atoms with E-state index < -0.39 is 5.78 Å². The van der Waals surface area contributed by atoms with Crippen LogP contribution in [0, 0.1) is 6.92 Å². The Morgan fingerprint density at radius 1 is 1.04 bits per heavy atom. The minimum absolute atomic E-state index is 0.382. The van der Waals surface area contributed by atoms with E-state index in [1.807, 2.05) is 23.6 Å². The van der Waals surface area contributed by atoms with Crippen LogP contribution in [0.4, 0.5) is 0 Å². The first-order chi connectivity index (χ1) is 12.2. The first kappa shape index (κ1) is 16.4. The average Bonchev–Trinajstić information content (AvgIpc) is 2.97. The molecule has 0 saturated carbocycles. The van der Waals surface area contributed by atoms with Crippen molar-refractivity contribution in [3.63, 3.8) is 0 Å². The summed E-state index contributed by atoms with van der Waals surface area (Å²) >= 11 is 0. The Balaban J connectivity index is 1.57. The summed E-state index contributed by atoms with van der Waals surface area (Å²) < 4.78 is 7.30. The van der Waals surface area contributed by atoms with Gasteiger partial charge in [0.05, 0.1) is 13.2 Å². The number of carbonyl (C=O) groups excluding carboxylic acids is 2. The third-order valence-corrected chi connectivity index (χ3v) is 5.19. The molecule has 0 atom stereocenters. The number of morpholine rings is 1. The van der Waals surface area contributed by atoms with Crippen LogP contribution in [-0.2, 0) is 16.1 Å². The first-order valence-corrected chi connectivity index (χ1v) is 9.04. The quantitative estimate of drug-likeness (QED) is 0.781. The van der Waals surface area contributed by atoms with Crippen molar-refractivity contribution in [2.75, 3.05) is 32.8 Å². The molecule has 1 aliphatic heterocycles. The average molecular weight is 341 g/mol. The number of imidazole rings is 1. The van der Waals surface area contributed by atoms with Gasteiger partial charge in [0.15, 0.2) is 0 Å². The fourth-order valence-corrected chi connectivity index (χ4v) is 3.88. The van der Waals surface area contributed by atoms with Gasteiger partial charge in [-0.15, -0.1) is 0 Å². The molecule has 0 N–H and O–H groups in total. The van der Waals surface area contributed by atoms with Gasteiger partial charge in [0.25, 0.3) is 5.78 Å². The SMILES string of the molecule is Cc1nc2c(n1CCCN1CCOCC1)C(=O)C(=O)C1=CCCC=C12. The van der Waals surface area contributed by atoms with Crippen LogP contribution < -0.4 is 0 Å². The van der Waals surface area contributed by atoms with Gasteiger partial charge in [-0.05, 0) is 26.2 Å². The molecule has 1 fully saturated rings. The Hall–Kier alpha value is -2.05. The van der Waals surface area contributed by atoms with Crippen LogP contribution in [0.5, 0.6) is 0 Å². The maximum absolute atomic E-state index is 12.7. The summed E-state index contributed by atoms with van der Waals surface area (Å²) in [7, 11) is 0. The van der Waals surface area contributed by atoms with Crippen molar-refractivity contribution in [1.29, 1.82) is 0 Å². The highest BCUT2D eigenvalue weighted by atomic mass is 16.5. The highest BCUT2D eigenvalue weighted by molar-refractivity contribution is 6.54. The Labute approximate surface area is 147 Å². The van der Waals surface area contributed by atoms with Gasteiger partial charge >= 0.3 is 0 Å². The monoisotopic (exact) mass is 341 g/mol. The molecule has 1 aromatic heterocycles. The smallest absolute Gasteiger partial charge is 0.252 e. The maximum atomic E-state index is 12.7. The van der Waals surface area contributed by atoms with Gasteiger partial charge in [-0.3, -0.25) is 14.5 Å². The minimum atomic E-state index is -0.410. The van der Waals surface area contributed by atoms with Crippen LogP contribution in [0.15, 0.2) is 17.7 Å². The van der Waals surface area contributed by atoms with E-state index in [4.69, 9.17) is 4.74 Å². The van der Waals surface area contributed by atoms with Crippen LogP contribution in [0.3, 0.4) is 0 Å². The van der Waals surface area contributed by atoms with Crippen LogP contribution in [-0.4, -0.2) is 58.9 Å². The zero-order chi connectivity index (χ0) is 17.4. The Morgan fingerprint density at radius 2 is 1.76 bits per heavy atom. The van der Waals surface area contributed by atoms with Crippen LogP contribution in [0.2, 0.25) is 0 Å². The molecule has 6 nitrogen and oxygen atoms in total. The summed E-state index contributed by atoms with van der Waals surface area (Å²) in [5, 5.41) is 0. The normalized spacial score (nSPS) is 20.8. The third-order valence-electron chi connectivity index (χ3n) is 5.19. The summed E-state index contributed by atoms with van der Waals surface area (Å²) in [4.78, 5) is 32.2. The number of aryl methyl sites for hydroxylation is 1. The van der Waals surface area contributed by atoms with Crippen molar-refractivity contribution >= 4 is 17.1 Å². The number of hydrogen-bond acceptors (Lipinski definition) is 5. The van der Waals surface area contributed by atoms with E-state index in [0.717, 1.165) is 63.5 Å². The Morgan fingerprint density at radius 3 is 2.52 bits per heavy atom. The van der Waals surface area contributed by atoms with Gasteiger partial charge in [0.2, 0.25) is 5.78 Å². The lowest BCUT2D eigenvalue weighted by atomic mass is 9.84. The molecule has 0 amide bonds. The molecule has 25 heavy (non-hydrogen) atoms. The van der Waals surface area contributed by atoms with Crippen molar-refractivity contribution in [3.8, 4) is 0 Å². The number of fused-ring (bicyclic) bond motifs is 3. The third kappa shape index (κ3) is 2.89. The molecule has 3 aliphatic rings. The lowest BCUT2D eigenvalue weighted by Crippen LogP contribution is -2.37. The molecule has 2 heterocycles. The molecule has 2 aliphatic carbocycles. The molecule has 0 unspecified atom stereocenters. The largest absolute Gasteiger partial charge is 0.379 e. The number of ether oxygens (including phenoxy) is 1. The van der Waals surface area contributed by atoms with Gasteiger partial charge in [0, 0.05) is 37.3 Å². The predicted octanol–water partition coefficient (Wildman–Crippen LogP) is 1.78. The lowest BCUT2D eigenvalue weighted by molar-refractivity contribution is -0.111. The highest BCUT2D eigenvalue weighted by Crippen LogP contribution is 2.36. The van der Waals surface area contributed by atoms with E-state index in [1.54, 1.807) is 0 Å². The standard InChI is InChI=1S/C19H23N3O3/c1-13-20-16-14-5-2-3-6-15(14)18(23)19(24)17(16)22(13)8-4-7-21-9-11-25-12-10-21/h5-6H,2-4,7-12H2,1H3. The van der Waals surface area contributed by atoms with Crippen molar-refractivity contribution in [2.45, 2.75) is 32.7 Å². The van der Waals surface area contributed by atoms with Gasteiger partial charge in [-0.1, -0.05) is 12.2 Å². The molecule has 0 aromatic carbocycles. The zero-order valence-corrected chi connectivity index (χ0v) is 14.6. The number of Topliss-reactive ketones (excluding diaryl/α,β-unsaturated/α-hetero) is 2. The number of ketones is 2. The fourth-order valence-electron chi connectivity index (χ4n) is 3.88. The molecular weight excluding hydrogens is 318 g/mol. The first-order valence-electron chi connectivity index (χ1n) is 9.04. The molecular formula is C19H23N3O3. The van der Waals surface area contributed by atoms with E-state index in [0.29, 0.717) is 23.5 Å². The number of allylic oxidation sites excluding steroid dienone is 4. The highest BCUT2D eigenvalue weighted by Gasteiger charge is 2.38. The zero-order valence-electron chi connectivity index (χ0n) is 14.6. The molecule has 4 rings (SSSR count). The van der Waals surface area contributed by atoms with Crippen molar-refractivity contribution in [2.24, 2.45) is 0 Å². The van der Waals surface area contributed by atoms with Gasteiger partial charge in [-0.25, -0.2) is 4.98 Å². The second kappa shape index (κ2) is 6.69. The second-order valence-corrected chi connectivity index (χ2v) is 6.79. The van der Waals surface area contributed by atoms with Gasteiger partial charge < -0.3 is 9.30 Å². The number of hydrogen-bond donors (Lipinski definition) is 0. The van der Waals surface area contributed by atoms with E-state index in [9.17, 15) is 9.59 Å². The van der Waals surface area contributed by atoms with Crippen LogP contribution >= 0.6 is 0 Å². The predicted molar refractivity (Wildman–Crippen MR) is 93.5 cm³/mol. The molecule has 1 aromatic rings. The fraction of sp³-hybridized carbons (Fsp3) is 0.526. The number of aromatic nitrogens is 2. The van der Waals surface area contributed by atoms with Gasteiger partial charge in [-0.2, -0.15) is 0 Å². The molecule has 0 spiro atoms. The summed E-state index contributed by atoms with van der Waals surface area (Å²) in [5.41, 5.74) is 2.57.